The van der Waals surface area contributed by atoms with E-state index in [0.717, 1.165) is 10.0 Å². The topological polar surface area (TPSA) is 107 Å². The third kappa shape index (κ3) is 6.59. The average Bonchev–Trinajstić information content (AvgIpc) is 2.90. The number of hydrazine groups is 1. The first-order chi connectivity index (χ1) is 17.4. The van der Waals surface area contributed by atoms with Gasteiger partial charge in [-0.1, -0.05) is 57.9 Å². The number of hydrogen-bond acceptors (Lipinski definition) is 6. The molecule has 0 radical (unpaired) electrons. The van der Waals surface area contributed by atoms with E-state index in [4.69, 9.17) is 21.1 Å². The lowest BCUT2D eigenvalue weighted by molar-refractivity contribution is -0.131. The van der Waals surface area contributed by atoms with Crippen LogP contribution in [0.15, 0.2) is 83.3 Å². The summed E-state index contributed by atoms with van der Waals surface area (Å²) in [6.07, 6.45) is 0. The van der Waals surface area contributed by atoms with Gasteiger partial charge in [-0.15, -0.1) is 0 Å². The van der Waals surface area contributed by atoms with E-state index >= 15 is 0 Å². The summed E-state index contributed by atoms with van der Waals surface area (Å²) in [5, 5.41) is 1.16. The summed E-state index contributed by atoms with van der Waals surface area (Å²) in [4.78, 5) is 41.5. The van der Waals surface area contributed by atoms with Crippen LogP contribution in [0.5, 0.6) is 5.75 Å². The van der Waals surface area contributed by atoms with E-state index in [1.807, 2.05) is 6.07 Å². The van der Waals surface area contributed by atoms with Crippen molar-refractivity contribution in [1.29, 1.82) is 0 Å². The highest BCUT2D eigenvalue weighted by molar-refractivity contribution is 9.10. The lowest BCUT2D eigenvalue weighted by atomic mass is 10.0. The highest BCUT2D eigenvalue weighted by Crippen LogP contribution is 2.26. The lowest BCUT2D eigenvalue weighted by Gasteiger charge is -2.11. The van der Waals surface area contributed by atoms with Gasteiger partial charge in [-0.25, -0.2) is 9.78 Å². The van der Waals surface area contributed by atoms with Crippen molar-refractivity contribution in [3.63, 3.8) is 0 Å². The van der Waals surface area contributed by atoms with Crippen LogP contribution in [0, 0.1) is 0 Å². The third-order valence-electron chi connectivity index (χ3n) is 4.94. The first-order valence-corrected chi connectivity index (χ1v) is 11.8. The summed E-state index contributed by atoms with van der Waals surface area (Å²) < 4.78 is 11.4. The maximum atomic E-state index is 12.9. The van der Waals surface area contributed by atoms with E-state index in [1.54, 1.807) is 72.8 Å². The molecule has 0 bridgehead atoms. The Morgan fingerprint density at radius 1 is 0.861 bits per heavy atom. The number of fused-ring (bicyclic) bond motifs is 1. The lowest BCUT2D eigenvalue weighted by Crippen LogP contribution is -2.45. The van der Waals surface area contributed by atoms with Gasteiger partial charge < -0.3 is 9.47 Å². The number of halogens is 2. The van der Waals surface area contributed by atoms with E-state index in [2.05, 4.69) is 31.8 Å². The van der Waals surface area contributed by atoms with Crippen molar-refractivity contribution in [1.82, 2.24) is 15.8 Å². The van der Waals surface area contributed by atoms with Crippen LogP contribution in [0.3, 0.4) is 0 Å². The van der Waals surface area contributed by atoms with E-state index in [9.17, 15) is 14.4 Å². The normalized spacial score (nSPS) is 10.5. The zero-order valence-corrected chi connectivity index (χ0v) is 21.0. The van der Waals surface area contributed by atoms with Crippen LogP contribution in [-0.4, -0.2) is 36.0 Å². The zero-order chi connectivity index (χ0) is 25.5. The third-order valence-corrected chi connectivity index (χ3v) is 5.72. The molecule has 4 aromatic rings. The molecule has 3 aromatic carbocycles. The van der Waals surface area contributed by atoms with E-state index in [0.29, 0.717) is 27.4 Å². The first kappa shape index (κ1) is 25.2. The average molecular weight is 569 g/mol. The van der Waals surface area contributed by atoms with Crippen molar-refractivity contribution in [2.24, 2.45) is 0 Å². The number of nitrogens with zero attached hydrogens (tertiary/aromatic N) is 1. The molecule has 0 spiro atoms. The minimum Gasteiger partial charge on any atom is -0.484 e. The van der Waals surface area contributed by atoms with Gasteiger partial charge in [-0.3, -0.25) is 20.4 Å². The number of para-hydroxylation sites is 1. The van der Waals surface area contributed by atoms with Crippen LogP contribution < -0.4 is 15.6 Å². The molecule has 0 aliphatic rings. The number of benzene rings is 3. The monoisotopic (exact) mass is 567 g/mol. The summed E-state index contributed by atoms with van der Waals surface area (Å²) in [6, 6.07) is 22.7. The molecular formula is C26H19BrClN3O5. The van der Waals surface area contributed by atoms with E-state index < -0.39 is 24.4 Å². The number of amides is 2. The summed E-state index contributed by atoms with van der Waals surface area (Å²) >= 11 is 9.28. The van der Waals surface area contributed by atoms with Gasteiger partial charge in [0, 0.05) is 20.4 Å². The second-order valence-electron chi connectivity index (χ2n) is 7.49. The fourth-order valence-electron chi connectivity index (χ4n) is 3.21. The standard InChI is InChI=1S/C26H19BrClN3O5/c27-17-7-11-19(12-8-17)35-14-24(32)30-31-25(33)15-36-26(34)21-13-23(16-5-9-18(28)10-6-16)29-22-4-2-1-3-20(21)22/h1-13H,14-15H2,(H,30,32)(H,31,33). The minimum absolute atomic E-state index is 0.255. The van der Waals surface area contributed by atoms with Crippen LogP contribution >= 0.6 is 27.5 Å². The maximum Gasteiger partial charge on any atom is 0.339 e. The molecule has 1 aromatic heterocycles. The molecule has 0 saturated carbocycles. The van der Waals surface area contributed by atoms with Crippen molar-refractivity contribution in [3.8, 4) is 17.0 Å². The zero-order valence-electron chi connectivity index (χ0n) is 18.7. The predicted molar refractivity (Wildman–Crippen MR) is 138 cm³/mol. The van der Waals surface area contributed by atoms with Crippen LogP contribution in [0.25, 0.3) is 22.2 Å². The fraction of sp³-hybridized carbons (Fsp3) is 0.0769. The molecule has 8 nitrogen and oxygen atoms in total. The Kier molecular flexibility index (Phi) is 8.14. The fourth-order valence-corrected chi connectivity index (χ4v) is 3.60. The smallest absolute Gasteiger partial charge is 0.339 e. The molecule has 2 amide bonds. The molecule has 4 rings (SSSR count). The summed E-state index contributed by atoms with van der Waals surface area (Å²) in [5.74, 6) is -1.50. The highest BCUT2D eigenvalue weighted by Gasteiger charge is 2.17. The number of nitrogens with one attached hydrogen (secondary N) is 2. The maximum absolute atomic E-state index is 12.9. The molecule has 1 heterocycles. The molecule has 182 valence electrons. The molecule has 0 fully saturated rings. The quantitative estimate of drug-likeness (QED) is 0.247. The van der Waals surface area contributed by atoms with Gasteiger partial charge in [0.1, 0.15) is 5.75 Å². The molecule has 0 unspecified atom stereocenters. The summed E-state index contributed by atoms with van der Waals surface area (Å²) in [7, 11) is 0. The molecule has 0 atom stereocenters. The van der Waals surface area contributed by atoms with E-state index in [1.165, 1.54) is 0 Å². The number of esters is 1. The largest absolute Gasteiger partial charge is 0.484 e. The number of carbonyl (C=O) groups is 3. The van der Waals surface area contributed by atoms with Gasteiger partial charge >= 0.3 is 5.97 Å². The van der Waals surface area contributed by atoms with Gasteiger partial charge in [0.15, 0.2) is 13.2 Å². The molecule has 0 aliphatic heterocycles. The molecule has 10 heteroatoms. The van der Waals surface area contributed by atoms with Crippen molar-refractivity contribution in [3.05, 3.63) is 93.9 Å². The van der Waals surface area contributed by atoms with Gasteiger partial charge in [0.25, 0.3) is 11.8 Å². The first-order valence-electron chi connectivity index (χ1n) is 10.7. The molecule has 0 saturated heterocycles. The Hall–Kier alpha value is -3.95. The molecule has 36 heavy (non-hydrogen) atoms. The molecule has 2 N–H and O–H groups in total. The van der Waals surface area contributed by atoms with Gasteiger partial charge in [-0.05, 0) is 48.5 Å². The van der Waals surface area contributed by atoms with Gasteiger partial charge in [0.2, 0.25) is 0 Å². The Morgan fingerprint density at radius 3 is 2.25 bits per heavy atom. The number of rotatable bonds is 7. The Morgan fingerprint density at radius 2 is 1.53 bits per heavy atom. The minimum atomic E-state index is -0.711. The molecule has 0 aliphatic carbocycles. The molecular weight excluding hydrogens is 550 g/mol. The van der Waals surface area contributed by atoms with Gasteiger partial charge in [-0.2, -0.15) is 0 Å². The number of carbonyl (C=O) groups excluding carboxylic acids is 3. The predicted octanol–water partition coefficient (Wildman–Crippen LogP) is 4.70. The number of hydrogen-bond donors (Lipinski definition) is 2. The van der Waals surface area contributed by atoms with Crippen molar-refractivity contribution in [2.45, 2.75) is 0 Å². The van der Waals surface area contributed by atoms with Crippen LogP contribution in [0.1, 0.15) is 10.4 Å². The second-order valence-corrected chi connectivity index (χ2v) is 8.85. The highest BCUT2D eigenvalue weighted by atomic mass is 79.9. The van der Waals surface area contributed by atoms with Crippen molar-refractivity contribution >= 4 is 56.2 Å². The van der Waals surface area contributed by atoms with Crippen molar-refractivity contribution in [2.75, 3.05) is 13.2 Å². The Balaban J connectivity index is 1.35. The van der Waals surface area contributed by atoms with Crippen LogP contribution in [0.4, 0.5) is 0 Å². The van der Waals surface area contributed by atoms with Gasteiger partial charge in [0.05, 0.1) is 16.8 Å². The van der Waals surface area contributed by atoms with Crippen LogP contribution in [0.2, 0.25) is 5.02 Å². The Labute approximate surface area is 219 Å². The summed E-state index contributed by atoms with van der Waals surface area (Å²) in [6.45, 7) is -0.905. The van der Waals surface area contributed by atoms with Crippen LogP contribution in [-0.2, 0) is 14.3 Å². The van der Waals surface area contributed by atoms with Crippen molar-refractivity contribution < 1.29 is 23.9 Å². The van der Waals surface area contributed by atoms with E-state index in [-0.39, 0.29) is 12.2 Å². The number of pyridine rings is 1. The summed E-state index contributed by atoms with van der Waals surface area (Å²) in [5.41, 5.74) is 6.57. The Bertz CT molecular complexity index is 1410. The number of aromatic nitrogens is 1. The number of ether oxygens (including phenoxy) is 2. The SMILES string of the molecule is O=C(COC(=O)c1cc(-c2ccc(Cl)cc2)nc2ccccc12)NNC(=O)COc1ccc(Br)cc1. The second kappa shape index (κ2) is 11.7.